The van der Waals surface area contributed by atoms with Crippen molar-refractivity contribution in [2.45, 2.75) is 6.92 Å². The molecule has 0 spiro atoms. The molecule has 0 aliphatic carbocycles. The fraction of sp³-hybridized carbons (Fsp3) is 0.250. The molecule has 0 aliphatic heterocycles. The summed E-state index contributed by atoms with van der Waals surface area (Å²) in [5.74, 6) is -0.0962. The molecule has 0 aliphatic rings. The van der Waals surface area contributed by atoms with Crippen LogP contribution in [-0.2, 0) is 0 Å². The SMILES string of the molecule is CNC(=O)c1ccn[c]c1C. The van der Waals surface area contributed by atoms with Gasteiger partial charge in [-0.25, -0.2) is 0 Å². The number of nitrogens with zero attached hydrogens (tertiary/aromatic N) is 1. The van der Waals surface area contributed by atoms with Crippen LogP contribution in [0.1, 0.15) is 15.9 Å². The second-order valence-electron chi connectivity index (χ2n) is 2.17. The number of carbonyl (C=O) groups excluding carboxylic acids is 1. The van der Waals surface area contributed by atoms with Crippen LogP contribution in [0.25, 0.3) is 0 Å². The molecule has 0 bridgehead atoms. The molecule has 1 aromatic rings. The third-order valence-corrected chi connectivity index (χ3v) is 1.42. The molecule has 1 radical (unpaired) electrons. The first kappa shape index (κ1) is 7.72. The molecule has 57 valence electrons. The lowest BCUT2D eigenvalue weighted by molar-refractivity contribution is 0.0962. The van der Waals surface area contributed by atoms with E-state index in [4.69, 9.17) is 0 Å². The van der Waals surface area contributed by atoms with Gasteiger partial charge in [-0.15, -0.1) is 0 Å². The minimum absolute atomic E-state index is 0.0962. The maximum Gasteiger partial charge on any atom is 0.251 e. The lowest BCUT2D eigenvalue weighted by atomic mass is 10.1. The van der Waals surface area contributed by atoms with Crippen molar-refractivity contribution in [1.29, 1.82) is 0 Å². The molecule has 11 heavy (non-hydrogen) atoms. The van der Waals surface area contributed by atoms with Crippen molar-refractivity contribution < 1.29 is 4.79 Å². The van der Waals surface area contributed by atoms with E-state index in [9.17, 15) is 4.79 Å². The molecule has 1 amide bonds. The maximum absolute atomic E-state index is 11.1. The van der Waals surface area contributed by atoms with E-state index in [2.05, 4.69) is 16.5 Å². The smallest absolute Gasteiger partial charge is 0.251 e. The second-order valence-corrected chi connectivity index (χ2v) is 2.17. The van der Waals surface area contributed by atoms with E-state index in [0.29, 0.717) is 5.56 Å². The summed E-state index contributed by atoms with van der Waals surface area (Å²) in [4.78, 5) is 14.8. The molecule has 0 aromatic carbocycles. The summed E-state index contributed by atoms with van der Waals surface area (Å²) < 4.78 is 0. The molecule has 1 aromatic heterocycles. The monoisotopic (exact) mass is 149 g/mol. The molecule has 0 atom stereocenters. The number of carbonyl (C=O) groups is 1. The molecule has 0 fully saturated rings. The van der Waals surface area contributed by atoms with Gasteiger partial charge in [0.15, 0.2) is 0 Å². The van der Waals surface area contributed by atoms with Crippen LogP contribution in [-0.4, -0.2) is 17.9 Å². The minimum atomic E-state index is -0.0962. The van der Waals surface area contributed by atoms with Gasteiger partial charge < -0.3 is 5.32 Å². The molecule has 0 saturated heterocycles. The predicted molar refractivity (Wildman–Crippen MR) is 41.2 cm³/mol. The summed E-state index contributed by atoms with van der Waals surface area (Å²) >= 11 is 0. The van der Waals surface area contributed by atoms with Gasteiger partial charge in [-0.3, -0.25) is 9.78 Å². The molecular formula is C8H9N2O. The predicted octanol–water partition coefficient (Wildman–Crippen LogP) is 0.550. The Morgan fingerprint density at radius 1 is 1.73 bits per heavy atom. The topological polar surface area (TPSA) is 42.0 Å². The van der Waals surface area contributed by atoms with E-state index in [0.717, 1.165) is 5.56 Å². The summed E-state index contributed by atoms with van der Waals surface area (Å²) in [5.41, 5.74) is 1.40. The normalized spacial score (nSPS) is 9.27. The molecule has 1 rings (SSSR count). The molecule has 0 unspecified atom stereocenters. The van der Waals surface area contributed by atoms with Gasteiger partial charge in [-0.2, -0.15) is 0 Å². The van der Waals surface area contributed by atoms with Crippen LogP contribution in [0.5, 0.6) is 0 Å². The summed E-state index contributed by atoms with van der Waals surface area (Å²) in [6.45, 7) is 1.80. The molecule has 3 heteroatoms. The van der Waals surface area contributed by atoms with Crippen molar-refractivity contribution in [1.82, 2.24) is 10.3 Å². The van der Waals surface area contributed by atoms with Crippen molar-refractivity contribution in [3.05, 3.63) is 29.6 Å². The molecule has 1 heterocycles. The van der Waals surface area contributed by atoms with E-state index < -0.39 is 0 Å². The fourth-order valence-electron chi connectivity index (χ4n) is 0.812. The third-order valence-electron chi connectivity index (χ3n) is 1.42. The Bertz CT molecular complexity index is 271. The number of nitrogens with one attached hydrogen (secondary N) is 1. The first-order chi connectivity index (χ1) is 5.25. The largest absolute Gasteiger partial charge is 0.355 e. The lowest BCUT2D eigenvalue weighted by Crippen LogP contribution is -2.18. The molecular weight excluding hydrogens is 140 g/mol. The van der Waals surface area contributed by atoms with Crippen LogP contribution in [0.2, 0.25) is 0 Å². The first-order valence-electron chi connectivity index (χ1n) is 3.31. The van der Waals surface area contributed by atoms with Gasteiger partial charge in [0.1, 0.15) is 0 Å². The van der Waals surface area contributed by atoms with Gasteiger partial charge in [0.2, 0.25) is 0 Å². The Morgan fingerprint density at radius 2 is 2.45 bits per heavy atom. The zero-order chi connectivity index (χ0) is 8.27. The average Bonchev–Trinajstić information content (AvgIpc) is 2.04. The highest BCUT2D eigenvalue weighted by Crippen LogP contribution is 2.02. The zero-order valence-electron chi connectivity index (χ0n) is 6.51. The van der Waals surface area contributed by atoms with Crippen LogP contribution in [0, 0.1) is 13.1 Å². The van der Waals surface area contributed by atoms with Crippen LogP contribution in [0.3, 0.4) is 0 Å². The number of amides is 1. The number of pyridine rings is 1. The van der Waals surface area contributed by atoms with Crippen LogP contribution in [0.4, 0.5) is 0 Å². The van der Waals surface area contributed by atoms with E-state index in [1.54, 1.807) is 26.2 Å². The molecule has 3 nitrogen and oxygen atoms in total. The quantitative estimate of drug-likeness (QED) is 0.633. The van der Waals surface area contributed by atoms with Crippen molar-refractivity contribution >= 4 is 5.91 Å². The van der Waals surface area contributed by atoms with Crippen LogP contribution >= 0.6 is 0 Å². The van der Waals surface area contributed by atoms with Gasteiger partial charge in [0.05, 0.1) is 6.20 Å². The average molecular weight is 149 g/mol. The Morgan fingerprint density at radius 3 is 3.00 bits per heavy atom. The lowest BCUT2D eigenvalue weighted by Gasteiger charge is -2.00. The van der Waals surface area contributed by atoms with E-state index in [-0.39, 0.29) is 5.91 Å². The Balaban J connectivity index is 3.03. The van der Waals surface area contributed by atoms with Crippen molar-refractivity contribution in [3.63, 3.8) is 0 Å². The zero-order valence-corrected chi connectivity index (χ0v) is 6.51. The molecule has 1 N–H and O–H groups in total. The number of aromatic nitrogens is 1. The van der Waals surface area contributed by atoms with Crippen molar-refractivity contribution in [2.75, 3.05) is 7.05 Å². The Labute approximate surface area is 65.5 Å². The van der Waals surface area contributed by atoms with E-state index >= 15 is 0 Å². The van der Waals surface area contributed by atoms with Gasteiger partial charge in [-0.05, 0) is 18.6 Å². The van der Waals surface area contributed by atoms with Crippen molar-refractivity contribution in [2.24, 2.45) is 0 Å². The highest BCUT2D eigenvalue weighted by Gasteiger charge is 2.04. The summed E-state index contributed by atoms with van der Waals surface area (Å²) in [7, 11) is 1.60. The summed E-state index contributed by atoms with van der Waals surface area (Å²) in [6.07, 6.45) is 4.26. The standard InChI is InChI=1S/C8H9N2O/c1-6-5-10-4-3-7(6)8(11)9-2/h3-4H,1-2H3,(H,9,11). The van der Waals surface area contributed by atoms with Crippen LogP contribution < -0.4 is 5.32 Å². The Hall–Kier alpha value is -1.38. The Kier molecular flexibility index (Phi) is 2.21. The summed E-state index contributed by atoms with van der Waals surface area (Å²) in [6, 6.07) is 1.67. The number of hydrogen-bond donors (Lipinski definition) is 1. The highest BCUT2D eigenvalue weighted by atomic mass is 16.1. The maximum atomic E-state index is 11.1. The fourth-order valence-corrected chi connectivity index (χ4v) is 0.812. The molecule has 0 saturated carbocycles. The van der Waals surface area contributed by atoms with E-state index in [1.807, 2.05) is 0 Å². The van der Waals surface area contributed by atoms with Crippen LogP contribution in [0.15, 0.2) is 12.3 Å². The van der Waals surface area contributed by atoms with E-state index in [1.165, 1.54) is 0 Å². The minimum Gasteiger partial charge on any atom is -0.355 e. The summed E-state index contributed by atoms with van der Waals surface area (Å²) in [5, 5.41) is 2.54. The number of aryl methyl sites for hydroxylation is 1. The number of rotatable bonds is 1. The van der Waals surface area contributed by atoms with Gasteiger partial charge >= 0.3 is 0 Å². The first-order valence-corrected chi connectivity index (χ1v) is 3.31. The second kappa shape index (κ2) is 3.14. The van der Waals surface area contributed by atoms with Gasteiger partial charge in [-0.1, -0.05) is 0 Å². The van der Waals surface area contributed by atoms with Gasteiger partial charge in [0, 0.05) is 18.8 Å². The number of hydrogen-bond acceptors (Lipinski definition) is 2. The van der Waals surface area contributed by atoms with Gasteiger partial charge in [0.25, 0.3) is 5.91 Å². The third kappa shape index (κ3) is 1.55. The highest BCUT2D eigenvalue weighted by molar-refractivity contribution is 5.95. The van der Waals surface area contributed by atoms with Crippen molar-refractivity contribution in [3.8, 4) is 0 Å².